The molecule has 20 heavy (non-hydrogen) atoms. The largest absolute Gasteiger partial charge is 0.365 e. The van der Waals surface area contributed by atoms with Crippen molar-refractivity contribution in [1.82, 2.24) is 10.2 Å². The molecular weight excluding hydrogens is 256 g/mol. The second-order valence-corrected chi connectivity index (χ2v) is 5.98. The first kappa shape index (κ1) is 15.3. The van der Waals surface area contributed by atoms with E-state index < -0.39 is 0 Å². The van der Waals surface area contributed by atoms with Crippen LogP contribution in [0.25, 0.3) is 0 Å². The summed E-state index contributed by atoms with van der Waals surface area (Å²) < 4.78 is 5.96. The van der Waals surface area contributed by atoms with Gasteiger partial charge in [0, 0.05) is 20.0 Å². The molecule has 1 saturated heterocycles. The Hall–Kier alpha value is -1.10. The van der Waals surface area contributed by atoms with Crippen molar-refractivity contribution in [1.29, 1.82) is 0 Å². The molecule has 0 radical (unpaired) electrons. The lowest BCUT2D eigenvalue weighted by molar-refractivity contribution is -0.139. The summed E-state index contributed by atoms with van der Waals surface area (Å²) in [6, 6.07) is -0.0657. The lowest BCUT2D eigenvalue weighted by Gasteiger charge is -2.27. The van der Waals surface area contributed by atoms with Gasteiger partial charge in [0.2, 0.25) is 11.8 Å². The van der Waals surface area contributed by atoms with E-state index in [2.05, 4.69) is 5.32 Å². The Kier molecular flexibility index (Phi) is 5.40. The molecule has 0 spiro atoms. The summed E-state index contributed by atoms with van der Waals surface area (Å²) in [4.78, 5) is 25.4. The van der Waals surface area contributed by atoms with Gasteiger partial charge in [0.25, 0.3) is 0 Å². The van der Waals surface area contributed by atoms with Crippen LogP contribution in [0.15, 0.2) is 0 Å². The average molecular weight is 282 g/mol. The highest BCUT2D eigenvalue weighted by Crippen LogP contribution is 2.22. The molecule has 0 aromatic heterocycles. The standard InChI is InChI=1S/C15H26N2O3/c1-3-13(20-12-7-5-4-6-8-12)15(19)16-11-9-14(18)17(2)10-11/h11-13H,3-10H2,1-2H3,(H,16,19)/t11-,13+/m1/s1. The van der Waals surface area contributed by atoms with Gasteiger partial charge in [-0.15, -0.1) is 0 Å². The molecule has 5 nitrogen and oxygen atoms in total. The molecule has 0 unspecified atom stereocenters. The molecule has 2 rings (SSSR count). The van der Waals surface area contributed by atoms with Gasteiger partial charge in [0.05, 0.1) is 12.1 Å². The van der Waals surface area contributed by atoms with Crippen LogP contribution in [0.2, 0.25) is 0 Å². The van der Waals surface area contributed by atoms with Gasteiger partial charge in [-0.05, 0) is 19.3 Å². The maximum atomic E-state index is 12.3. The maximum absolute atomic E-state index is 12.3. The summed E-state index contributed by atoms with van der Waals surface area (Å²) in [7, 11) is 1.77. The zero-order valence-electron chi connectivity index (χ0n) is 12.6. The Morgan fingerprint density at radius 3 is 2.65 bits per heavy atom. The van der Waals surface area contributed by atoms with E-state index >= 15 is 0 Å². The van der Waals surface area contributed by atoms with E-state index in [1.165, 1.54) is 19.3 Å². The maximum Gasteiger partial charge on any atom is 0.249 e. The van der Waals surface area contributed by atoms with Crippen LogP contribution in [0.4, 0.5) is 0 Å². The van der Waals surface area contributed by atoms with Crippen LogP contribution in [0.1, 0.15) is 51.9 Å². The van der Waals surface area contributed by atoms with Crippen LogP contribution in [0.3, 0.4) is 0 Å². The number of rotatable bonds is 5. The van der Waals surface area contributed by atoms with Crippen molar-refractivity contribution >= 4 is 11.8 Å². The topological polar surface area (TPSA) is 58.6 Å². The van der Waals surface area contributed by atoms with Crippen LogP contribution < -0.4 is 5.32 Å². The molecule has 1 aliphatic heterocycles. The SMILES string of the molecule is CC[C@H](OC1CCCCC1)C(=O)N[C@@H]1CC(=O)N(C)C1. The van der Waals surface area contributed by atoms with Crippen LogP contribution in [0, 0.1) is 0 Å². The first-order chi connectivity index (χ1) is 9.60. The van der Waals surface area contributed by atoms with Gasteiger partial charge in [-0.3, -0.25) is 9.59 Å². The Morgan fingerprint density at radius 1 is 1.40 bits per heavy atom. The number of carbonyl (C=O) groups is 2. The Labute approximate surface area is 121 Å². The van der Waals surface area contributed by atoms with Crippen LogP contribution in [-0.2, 0) is 14.3 Å². The minimum atomic E-state index is -0.376. The molecule has 2 aliphatic rings. The van der Waals surface area contributed by atoms with Crippen molar-refractivity contribution < 1.29 is 14.3 Å². The Balaban J connectivity index is 1.80. The van der Waals surface area contributed by atoms with Gasteiger partial charge in [-0.25, -0.2) is 0 Å². The van der Waals surface area contributed by atoms with Crippen LogP contribution >= 0.6 is 0 Å². The molecule has 114 valence electrons. The molecule has 5 heteroatoms. The summed E-state index contributed by atoms with van der Waals surface area (Å²) in [5.74, 6) is 0.0303. The molecule has 1 aliphatic carbocycles. The van der Waals surface area contributed by atoms with E-state index in [0.29, 0.717) is 19.4 Å². The number of likely N-dealkylation sites (N-methyl/N-ethyl adjacent to an activating group) is 1. The highest BCUT2D eigenvalue weighted by Gasteiger charge is 2.30. The third-order valence-electron chi connectivity index (χ3n) is 4.26. The molecule has 2 atom stereocenters. The summed E-state index contributed by atoms with van der Waals surface area (Å²) in [6.45, 7) is 2.57. The molecule has 1 saturated carbocycles. The molecule has 1 N–H and O–H groups in total. The monoisotopic (exact) mass is 282 g/mol. The second-order valence-electron chi connectivity index (χ2n) is 5.98. The van der Waals surface area contributed by atoms with Gasteiger partial charge in [-0.1, -0.05) is 26.2 Å². The van der Waals surface area contributed by atoms with Gasteiger partial charge in [0.15, 0.2) is 0 Å². The second kappa shape index (κ2) is 7.07. The molecule has 0 aromatic carbocycles. The normalized spacial score (nSPS) is 25.8. The highest BCUT2D eigenvalue weighted by molar-refractivity contribution is 5.84. The smallest absolute Gasteiger partial charge is 0.249 e. The van der Waals surface area contributed by atoms with E-state index in [1.807, 2.05) is 6.92 Å². The van der Waals surface area contributed by atoms with Crippen molar-refractivity contribution in [3.8, 4) is 0 Å². The third-order valence-corrected chi connectivity index (χ3v) is 4.26. The van der Waals surface area contributed by atoms with Crippen molar-refractivity contribution in [2.45, 2.75) is 70.1 Å². The van der Waals surface area contributed by atoms with Crippen molar-refractivity contribution in [3.05, 3.63) is 0 Å². The molecule has 1 heterocycles. The first-order valence-corrected chi connectivity index (χ1v) is 7.80. The van der Waals surface area contributed by atoms with Crippen LogP contribution in [-0.4, -0.2) is 48.6 Å². The number of likely N-dealkylation sites (tertiary alicyclic amines) is 1. The minimum Gasteiger partial charge on any atom is -0.365 e. The summed E-state index contributed by atoms with van der Waals surface area (Å²) in [5.41, 5.74) is 0. The summed E-state index contributed by atoms with van der Waals surface area (Å²) >= 11 is 0. The predicted octanol–water partition coefficient (Wildman–Crippen LogP) is 1.46. The molecular formula is C15H26N2O3. The van der Waals surface area contributed by atoms with E-state index in [4.69, 9.17) is 4.74 Å². The third kappa shape index (κ3) is 3.95. The number of hydrogen-bond donors (Lipinski definition) is 1. The molecule has 2 amide bonds. The molecule has 0 bridgehead atoms. The van der Waals surface area contributed by atoms with Crippen molar-refractivity contribution in [3.63, 3.8) is 0 Å². The fourth-order valence-corrected chi connectivity index (χ4v) is 3.03. The van der Waals surface area contributed by atoms with Crippen LogP contribution in [0.5, 0.6) is 0 Å². The zero-order valence-corrected chi connectivity index (χ0v) is 12.6. The lowest BCUT2D eigenvalue weighted by atomic mass is 9.97. The van der Waals surface area contributed by atoms with E-state index in [0.717, 1.165) is 12.8 Å². The van der Waals surface area contributed by atoms with Crippen molar-refractivity contribution in [2.24, 2.45) is 0 Å². The van der Waals surface area contributed by atoms with Gasteiger partial charge < -0.3 is 15.0 Å². The number of carbonyl (C=O) groups excluding carboxylic acids is 2. The summed E-state index contributed by atoms with van der Waals surface area (Å²) in [5, 5.41) is 2.95. The first-order valence-electron chi connectivity index (χ1n) is 7.80. The fourth-order valence-electron chi connectivity index (χ4n) is 3.03. The van der Waals surface area contributed by atoms with E-state index in [-0.39, 0.29) is 30.1 Å². The molecule has 2 fully saturated rings. The number of nitrogens with one attached hydrogen (secondary N) is 1. The quantitative estimate of drug-likeness (QED) is 0.830. The van der Waals surface area contributed by atoms with Gasteiger partial charge >= 0.3 is 0 Å². The number of amides is 2. The number of nitrogens with zero attached hydrogens (tertiary/aromatic N) is 1. The Bertz CT molecular complexity index is 353. The number of hydrogen-bond acceptors (Lipinski definition) is 3. The van der Waals surface area contributed by atoms with Gasteiger partial charge in [-0.2, -0.15) is 0 Å². The molecule has 0 aromatic rings. The van der Waals surface area contributed by atoms with E-state index in [1.54, 1.807) is 11.9 Å². The zero-order chi connectivity index (χ0) is 14.5. The fraction of sp³-hybridized carbons (Fsp3) is 0.867. The summed E-state index contributed by atoms with van der Waals surface area (Å²) in [6.07, 6.45) is 6.74. The lowest BCUT2D eigenvalue weighted by Crippen LogP contribution is -2.44. The van der Waals surface area contributed by atoms with Gasteiger partial charge in [0.1, 0.15) is 6.10 Å². The minimum absolute atomic E-state index is 0.0637. The highest BCUT2D eigenvalue weighted by atomic mass is 16.5. The average Bonchev–Trinajstić information content (AvgIpc) is 2.75. The predicted molar refractivity (Wildman–Crippen MR) is 76.2 cm³/mol. The number of ether oxygens (including phenoxy) is 1. The van der Waals surface area contributed by atoms with Crippen molar-refractivity contribution in [2.75, 3.05) is 13.6 Å². The van der Waals surface area contributed by atoms with E-state index in [9.17, 15) is 9.59 Å². The Morgan fingerprint density at radius 2 is 2.10 bits per heavy atom.